The predicted octanol–water partition coefficient (Wildman–Crippen LogP) is 3.47. The molecule has 0 aliphatic carbocycles. The monoisotopic (exact) mass is 312 g/mol. The Morgan fingerprint density at radius 2 is 2.15 bits per heavy atom. The van der Waals surface area contributed by atoms with Gasteiger partial charge in [-0.15, -0.1) is 0 Å². The van der Waals surface area contributed by atoms with Crippen LogP contribution >= 0.6 is 23.2 Å². The molecule has 0 fully saturated rings. The molecule has 7 heteroatoms. The zero-order valence-corrected chi connectivity index (χ0v) is 12.1. The molecule has 0 saturated carbocycles. The molecule has 0 saturated heterocycles. The Balaban J connectivity index is 1.71. The van der Waals surface area contributed by atoms with Crippen LogP contribution in [0.2, 0.25) is 10.0 Å². The Hall–Kier alpha value is -1.72. The molecule has 0 aliphatic heterocycles. The van der Waals surface area contributed by atoms with Crippen molar-refractivity contribution in [3.05, 3.63) is 46.5 Å². The van der Waals surface area contributed by atoms with Crippen molar-refractivity contribution in [2.75, 3.05) is 11.9 Å². The third kappa shape index (κ3) is 4.43. The molecule has 0 bridgehead atoms. The van der Waals surface area contributed by atoms with Gasteiger partial charge in [0.25, 0.3) is 0 Å². The largest absolute Gasteiger partial charge is 0.349 e. The van der Waals surface area contributed by atoms with Crippen LogP contribution in [0.3, 0.4) is 0 Å². The zero-order valence-electron chi connectivity index (χ0n) is 10.6. The molecule has 0 atom stereocenters. The van der Waals surface area contributed by atoms with E-state index in [0.717, 1.165) is 18.7 Å². The molecule has 2 aromatic rings. The van der Waals surface area contributed by atoms with Gasteiger partial charge in [-0.05, 0) is 24.6 Å². The fraction of sp³-hybridized carbons (Fsp3) is 0.231. The van der Waals surface area contributed by atoms with Gasteiger partial charge in [0.2, 0.25) is 0 Å². The van der Waals surface area contributed by atoms with Crippen molar-refractivity contribution in [2.24, 2.45) is 0 Å². The summed E-state index contributed by atoms with van der Waals surface area (Å²) in [6.07, 6.45) is 5.09. The number of nitrogens with one attached hydrogen (secondary N) is 3. The molecular formula is C13H14Cl2N4O. The maximum Gasteiger partial charge on any atom is 0.319 e. The number of H-pyrrole nitrogens is 1. The van der Waals surface area contributed by atoms with Crippen molar-refractivity contribution in [3.63, 3.8) is 0 Å². The first kappa shape index (κ1) is 14.7. The van der Waals surface area contributed by atoms with Gasteiger partial charge in [0.05, 0.1) is 10.0 Å². The Morgan fingerprint density at radius 1 is 1.30 bits per heavy atom. The lowest BCUT2D eigenvalue weighted by Gasteiger charge is -2.08. The van der Waals surface area contributed by atoms with Crippen molar-refractivity contribution in [1.29, 1.82) is 0 Å². The first-order valence-electron chi connectivity index (χ1n) is 6.13. The van der Waals surface area contributed by atoms with Crippen molar-refractivity contribution in [1.82, 2.24) is 15.3 Å². The highest BCUT2D eigenvalue weighted by Gasteiger charge is 2.04. The van der Waals surface area contributed by atoms with Gasteiger partial charge >= 0.3 is 6.03 Å². The molecule has 1 aromatic carbocycles. The number of benzene rings is 1. The molecule has 5 nitrogen and oxygen atoms in total. The minimum absolute atomic E-state index is 0.275. The van der Waals surface area contributed by atoms with E-state index in [-0.39, 0.29) is 6.03 Å². The fourth-order valence-electron chi connectivity index (χ4n) is 1.64. The summed E-state index contributed by atoms with van der Waals surface area (Å²) < 4.78 is 0. The van der Waals surface area contributed by atoms with Crippen LogP contribution in [0.25, 0.3) is 0 Å². The average Bonchev–Trinajstić information content (AvgIpc) is 2.92. The number of urea groups is 1. The van der Waals surface area contributed by atoms with Crippen LogP contribution in [0.4, 0.5) is 10.5 Å². The van der Waals surface area contributed by atoms with Crippen molar-refractivity contribution in [3.8, 4) is 0 Å². The van der Waals surface area contributed by atoms with Gasteiger partial charge in [0.1, 0.15) is 5.82 Å². The number of anilines is 1. The van der Waals surface area contributed by atoms with E-state index in [9.17, 15) is 4.79 Å². The predicted molar refractivity (Wildman–Crippen MR) is 80.4 cm³/mol. The van der Waals surface area contributed by atoms with Crippen molar-refractivity contribution >= 4 is 34.9 Å². The summed E-state index contributed by atoms with van der Waals surface area (Å²) in [6, 6.07) is 4.65. The molecule has 20 heavy (non-hydrogen) atoms. The molecule has 1 aromatic heterocycles. The number of amides is 2. The van der Waals surface area contributed by atoms with Crippen LogP contribution in [-0.4, -0.2) is 22.5 Å². The Bertz CT molecular complexity index is 572. The van der Waals surface area contributed by atoms with E-state index in [0.29, 0.717) is 22.3 Å². The number of rotatable bonds is 5. The molecule has 1 heterocycles. The standard InChI is InChI=1S/C13H14Cl2N4O/c14-10-4-3-9(8-11(10)15)19-13(20)18-5-1-2-12-16-6-7-17-12/h3-4,6-8H,1-2,5H2,(H,16,17)(H2,18,19,20). The highest BCUT2D eigenvalue weighted by molar-refractivity contribution is 6.42. The number of imidazole rings is 1. The van der Waals surface area contributed by atoms with Gasteiger partial charge in [0.15, 0.2) is 0 Å². The minimum Gasteiger partial charge on any atom is -0.349 e. The molecule has 0 radical (unpaired) electrons. The lowest BCUT2D eigenvalue weighted by molar-refractivity contribution is 0.252. The van der Waals surface area contributed by atoms with Crippen LogP contribution in [0.15, 0.2) is 30.6 Å². The maximum atomic E-state index is 11.6. The van der Waals surface area contributed by atoms with Crippen LogP contribution in [0.1, 0.15) is 12.2 Å². The molecule has 2 amide bonds. The third-order valence-corrected chi connectivity index (χ3v) is 3.35. The summed E-state index contributed by atoms with van der Waals surface area (Å²) in [5.41, 5.74) is 0.600. The fourth-order valence-corrected chi connectivity index (χ4v) is 1.94. The summed E-state index contributed by atoms with van der Waals surface area (Å²) >= 11 is 11.7. The van der Waals surface area contributed by atoms with Crippen LogP contribution in [0.5, 0.6) is 0 Å². The highest BCUT2D eigenvalue weighted by atomic mass is 35.5. The Labute approximate surface area is 126 Å². The first-order valence-corrected chi connectivity index (χ1v) is 6.89. The summed E-state index contributed by atoms with van der Waals surface area (Å²) in [5.74, 6) is 0.914. The lowest BCUT2D eigenvalue weighted by Crippen LogP contribution is -2.29. The van der Waals surface area contributed by atoms with Gasteiger partial charge in [0, 0.05) is 31.0 Å². The second kappa shape index (κ2) is 7.17. The molecule has 0 unspecified atom stereocenters. The van der Waals surface area contributed by atoms with E-state index >= 15 is 0 Å². The number of halogens is 2. The molecular weight excluding hydrogens is 299 g/mol. The number of hydrogen-bond acceptors (Lipinski definition) is 2. The van der Waals surface area contributed by atoms with Gasteiger partial charge < -0.3 is 15.6 Å². The maximum absolute atomic E-state index is 11.6. The zero-order chi connectivity index (χ0) is 14.4. The average molecular weight is 313 g/mol. The summed E-state index contributed by atoms with van der Waals surface area (Å²) in [6.45, 7) is 0.563. The van der Waals surface area contributed by atoms with E-state index in [1.54, 1.807) is 30.6 Å². The van der Waals surface area contributed by atoms with E-state index in [1.807, 2.05) is 0 Å². The van der Waals surface area contributed by atoms with Gasteiger partial charge in [-0.25, -0.2) is 9.78 Å². The number of aromatic nitrogens is 2. The first-order chi connectivity index (χ1) is 9.65. The minimum atomic E-state index is -0.275. The summed E-state index contributed by atoms with van der Waals surface area (Å²) in [5, 5.41) is 6.31. The molecule has 2 rings (SSSR count). The van der Waals surface area contributed by atoms with Crippen molar-refractivity contribution in [2.45, 2.75) is 12.8 Å². The smallest absolute Gasteiger partial charge is 0.319 e. The number of aromatic amines is 1. The molecule has 0 aliphatic rings. The van der Waals surface area contributed by atoms with E-state index in [2.05, 4.69) is 20.6 Å². The van der Waals surface area contributed by atoms with Gasteiger partial charge in [-0.1, -0.05) is 23.2 Å². The highest BCUT2D eigenvalue weighted by Crippen LogP contribution is 2.24. The topological polar surface area (TPSA) is 69.8 Å². The van der Waals surface area contributed by atoms with Gasteiger partial charge in [-0.3, -0.25) is 0 Å². The van der Waals surface area contributed by atoms with E-state index in [4.69, 9.17) is 23.2 Å². The molecule has 0 spiro atoms. The van der Waals surface area contributed by atoms with Crippen LogP contribution in [0, 0.1) is 0 Å². The van der Waals surface area contributed by atoms with Crippen molar-refractivity contribution < 1.29 is 4.79 Å². The second-order valence-corrected chi connectivity index (χ2v) is 4.96. The van der Waals surface area contributed by atoms with Crippen LogP contribution < -0.4 is 10.6 Å². The third-order valence-electron chi connectivity index (χ3n) is 2.61. The summed E-state index contributed by atoms with van der Waals surface area (Å²) in [4.78, 5) is 18.8. The van der Waals surface area contributed by atoms with E-state index in [1.165, 1.54) is 0 Å². The van der Waals surface area contributed by atoms with Gasteiger partial charge in [-0.2, -0.15) is 0 Å². The SMILES string of the molecule is O=C(NCCCc1ncc[nH]1)Nc1ccc(Cl)c(Cl)c1. The lowest BCUT2D eigenvalue weighted by atomic mass is 10.3. The Morgan fingerprint density at radius 3 is 2.85 bits per heavy atom. The molecule has 3 N–H and O–H groups in total. The van der Waals surface area contributed by atoms with Crippen LogP contribution in [-0.2, 0) is 6.42 Å². The number of carbonyl (C=O) groups is 1. The quantitative estimate of drug-likeness (QED) is 0.740. The number of hydrogen-bond donors (Lipinski definition) is 3. The normalized spacial score (nSPS) is 10.3. The number of aryl methyl sites for hydroxylation is 1. The summed E-state index contributed by atoms with van der Waals surface area (Å²) in [7, 11) is 0. The number of nitrogens with zero attached hydrogens (tertiary/aromatic N) is 1. The molecule has 106 valence electrons. The second-order valence-electron chi connectivity index (χ2n) is 4.15. The Kier molecular flexibility index (Phi) is 5.26. The number of carbonyl (C=O) groups excluding carboxylic acids is 1. The van der Waals surface area contributed by atoms with E-state index < -0.39 is 0 Å².